The van der Waals surface area contributed by atoms with E-state index in [-0.39, 0.29) is 5.91 Å². The minimum Gasteiger partial charge on any atom is -0.376 e. The summed E-state index contributed by atoms with van der Waals surface area (Å²) in [7, 11) is 1.87. The Kier molecular flexibility index (Phi) is 7.78. The predicted octanol–water partition coefficient (Wildman–Crippen LogP) is 3.51. The number of unbranched alkanes of at least 4 members (excludes halogenated alkanes) is 1. The highest BCUT2D eigenvalue weighted by Gasteiger charge is 2.09. The van der Waals surface area contributed by atoms with Crippen molar-refractivity contribution in [3.63, 3.8) is 0 Å². The van der Waals surface area contributed by atoms with Crippen LogP contribution < -0.4 is 10.2 Å². The first-order valence-corrected chi connectivity index (χ1v) is 8.36. The van der Waals surface area contributed by atoms with E-state index in [2.05, 4.69) is 56.1 Å². The standard InChI is InChI=1S/C18H31N3O/c1-6-9-12-20(5)18(22)14-19-17-11-10-16(13-15(17)4)21(7-2)8-3/h10-11,13,19H,6-9,12,14H2,1-5H3. The molecule has 22 heavy (non-hydrogen) atoms. The Bertz CT molecular complexity index is 469. The number of aryl methyl sites for hydroxylation is 1. The van der Waals surface area contributed by atoms with E-state index >= 15 is 0 Å². The quantitative estimate of drug-likeness (QED) is 0.758. The van der Waals surface area contributed by atoms with E-state index < -0.39 is 0 Å². The van der Waals surface area contributed by atoms with Gasteiger partial charge in [0.05, 0.1) is 6.54 Å². The molecule has 0 radical (unpaired) electrons. The topological polar surface area (TPSA) is 35.6 Å². The van der Waals surface area contributed by atoms with Gasteiger partial charge in [0.25, 0.3) is 0 Å². The van der Waals surface area contributed by atoms with Crippen molar-refractivity contribution in [1.82, 2.24) is 4.90 Å². The molecule has 4 heteroatoms. The number of carbonyl (C=O) groups is 1. The largest absolute Gasteiger partial charge is 0.376 e. The smallest absolute Gasteiger partial charge is 0.241 e. The molecule has 0 aliphatic carbocycles. The van der Waals surface area contributed by atoms with Crippen LogP contribution in [0.1, 0.15) is 39.2 Å². The van der Waals surface area contributed by atoms with E-state index in [1.54, 1.807) is 4.90 Å². The number of likely N-dealkylation sites (N-methyl/N-ethyl adjacent to an activating group) is 1. The number of rotatable bonds is 9. The minimum atomic E-state index is 0.140. The first-order chi connectivity index (χ1) is 10.5. The number of benzene rings is 1. The summed E-state index contributed by atoms with van der Waals surface area (Å²) in [4.78, 5) is 16.2. The Labute approximate surface area is 135 Å². The summed E-state index contributed by atoms with van der Waals surface area (Å²) in [5, 5.41) is 3.26. The molecule has 1 aromatic carbocycles. The summed E-state index contributed by atoms with van der Waals surface area (Å²) in [5.74, 6) is 0.140. The van der Waals surface area contributed by atoms with Crippen LogP contribution in [0.4, 0.5) is 11.4 Å². The molecule has 0 unspecified atom stereocenters. The zero-order valence-corrected chi connectivity index (χ0v) is 14.8. The van der Waals surface area contributed by atoms with Crippen molar-refractivity contribution < 1.29 is 4.79 Å². The number of hydrogen-bond donors (Lipinski definition) is 1. The van der Waals surface area contributed by atoms with Crippen LogP contribution in [0.3, 0.4) is 0 Å². The monoisotopic (exact) mass is 305 g/mol. The maximum Gasteiger partial charge on any atom is 0.241 e. The molecule has 0 aromatic heterocycles. The molecule has 1 aromatic rings. The molecule has 0 saturated carbocycles. The van der Waals surface area contributed by atoms with Crippen molar-refractivity contribution in [2.45, 2.75) is 40.5 Å². The van der Waals surface area contributed by atoms with Gasteiger partial charge in [0, 0.05) is 38.1 Å². The van der Waals surface area contributed by atoms with Crippen LogP contribution in [-0.2, 0) is 4.79 Å². The van der Waals surface area contributed by atoms with Crippen LogP contribution in [0.25, 0.3) is 0 Å². The molecule has 0 aliphatic heterocycles. The number of nitrogens with zero attached hydrogens (tertiary/aromatic N) is 2. The van der Waals surface area contributed by atoms with Gasteiger partial charge in [0.1, 0.15) is 0 Å². The lowest BCUT2D eigenvalue weighted by molar-refractivity contribution is -0.128. The van der Waals surface area contributed by atoms with Crippen LogP contribution in [0, 0.1) is 6.92 Å². The second kappa shape index (κ2) is 9.34. The Morgan fingerprint density at radius 3 is 2.41 bits per heavy atom. The van der Waals surface area contributed by atoms with Crippen molar-refractivity contribution in [2.24, 2.45) is 0 Å². The summed E-state index contributed by atoms with van der Waals surface area (Å²) in [5.41, 5.74) is 3.45. The van der Waals surface area contributed by atoms with Gasteiger partial charge in [-0.15, -0.1) is 0 Å². The number of amides is 1. The van der Waals surface area contributed by atoms with Crippen LogP contribution in [0.2, 0.25) is 0 Å². The lowest BCUT2D eigenvalue weighted by Gasteiger charge is -2.23. The first-order valence-electron chi connectivity index (χ1n) is 8.36. The first kappa shape index (κ1) is 18.3. The number of anilines is 2. The molecule has 0 bridgehead atoms. The molecule has 1 amide bonds. The van der Waals surface area contributed by atoms with Gasteiger partial charge in [-0.2, -0.15) is 0 Å². The molecular formula is C18H31N3O. The molecule has 124 valence electrons. The Hall–Kier alpha value is -1.71. The van der Waals surface area contributed by atoms with E-state index in [9.17, 15) is 4.79 Å². The molecule has 0 heterocycles. The third-order valence-electron chi connectivity index (χ3n) is 4.04. The highest BCUT2D eigenvalue weighted by atomic mass is 16.2. The van der Waals surface area contributed by atoms with E-state index in [0.717, 1.165) is 38.2 Å². The molecule has 4 nitrogen and oxygen atoms in total. The molecule has 0 spiro atoms. The second-order valence-corrected chi connectivity index (χ2v) is 5.69. The minimum absolute atomic E-state index is 0.140. The Morgan fingerprint density at radius 2 is 1.86 bits per heavy atom. The maximum atomic E-state index is 12.1. The summed E-state index contributed by atoms with van der Waals surface area (Å²) >= 11 is 0. The lowest BCUT2D eigenvalue weighted by atomic mass is 10.1. The van der Waals surface area contributed by atoms with E-state index in [0.29, 0.717) is 6.54 Å². The fraction of sp³-hybridized carbons (Fsp3) is 0.611. The Balaban J connectivity index is 2.61. The fourth-order valence-electron chi connectivity index (χ4n) is 2.46. The highest BCUT2D eigenvalue weighted by Crippen LogP contribution is 2.22. The van der Waals surface area contributed by atoms with Crippen LogP contribution in [-0.4, -0.2) is 44.0 Å². The van der Waals surface area contributed by atoms with E-state index in [4.69, 9.17) is 0 Å². The van der Waals surface area contributed by atoms with Gasteiger partial charge in [-0.3, -0.25) is 4.79 Å². The van der Waals surface area contributed by atoms with Crippen molar-refractivity contribution >= 4 is 17.3 Å². The molecular weight excluding hydrogens is 274 g/mol. The molecule has 0 fully saturated rings. The number of hydrogen-bond acceptors (Lipinski definition) is 3. The fourth-order valence-corrected chi connectivity index (χ4v) is 2.46. The van der Waals surface area contributed by atoms with Gasteiger partial charge in [0.15, 0.2) is 0 Å². The molecule has 0 aliphatic rings. The van der Waals surface area contributed by atoms with E-state index in [1.807, 2.05) is 7.05 Å². The lowest BCUT2D eigenvalue weighted by Crippen LogP contribution is -2.33. The molecule has 0 saturated heterocycles. The van der Waals surface area contributed by atoms with Gasteiger partial charge in [-0.1, -0.05) is 13.3 Å². The second-order valence-electron chi connectivity index (χ2n) is 5.69. The summed E-state index contributed by atoms with van der Waals surface area (Å²) in [6.45, 7) is 11.7. The van der Waals surface area contributed by atoms with Gasteiger partial charge < -0.3 is 15.1 Å². The van der Waals surface area contributed by atoms with Gasteiger partial charge in [-0.05, 0) is 51.0 Å². The normalized spacial score (nSPS) is 10.4. The average Bonchev–Trinajstić information content (AvgIpc) is 2.52. The summed E-state index contributed by atoms with van der Waals surface area (Å²) in [6.07, 6.45) is 2.16. The highest BCUT2D eigenvalue weighted by molar-refractivity contribution is 5.81. The Morgan fingerprint density at radius 1 is 1.18 bits per heavy atom. The van der Waals surface area contributed by atoms with E-state index in [1.165, 1.54) is 11.3 Å². The molecule has 0 atom stereocenters. The van der Waals surface area contributed by atoms with Gasteiger partial charge in [0.2, 0.25) is 5.91 Å². The zero-order valence-electron chi connectivity index (χ0n) is 14.8. The summed E-state index contributed by atoms with van der Waals surface area (Å²) in [6, 6.07) is 6.37. The predicted molar refractivity (Wildman–Crippen MR) is 95.8 cm³/mol. The summed E-state index contributed by atoms with van der Waals surface area (Å²) < 4.78 is 0. The SMILES string of the molecule is CCCCN(C)C(=O)CNc1ccc(N(CC)CC)cc1C. The molecule has 1 N–H and O–H groups in total. The van der Waals surface area contributed by atoms with Crippen LogP contribution >= 0.6 is 0 Å². The van der Waals surface area contributed by atoms with Crippen molar-refractivity contribution in [1.29, 1.82) is 0 Å². The van der Waals surface area contributed by atoms with Crippen molar-refractivity contribution in [2.75, 3.05) is 43.4 Å². The average molecular weight is 305 g/mol. The van der Waals surface area contributed by atoms with Crippen LogP contribution in [0.5, 0.6) is 0 Å². The van der Waals surface area contributed by atoms with Gasteiger partial charge in [-0.25, -0.2) is 0 Å². The third-order valence-corrected chi connectivity index (χ3v) is 4.04. The number of carbonyl (C=O) groups excluding carboxylic acids is 1. The maximum absolute atomic E-state index is 12.1. The third kappa shape index (κ3) is 5.24. The van der Waals surface area contributed by atoms with Gasteiger partial charge >= 0.3 is 0 Å². The zero-order chi connectivity index (χ0) is 16.5. The van der Waals surface area contributed by atoms with Crippen molar-refractivity contribution in [3.8, 4) is 0 Å². The van der Waals surface area contributed by atoms with Crippen molar-refractivity contribution in [3.05, 3.63) is 23.8 Å². The molecule has 1 rings (SSSR count). The number of nitrogens with one attached hydrogen (secondary N) is 1. The van der Waals surface area contributed by atoms with Crippen LogP contribution in [0.15, 0.2) is 18.2 Å².